The van der Waals surface area contributed by atoms with Crippen molar-refractivity contribution in [2.45, 2.75) is 52.4 Å². The molecule has 1 aliphatic rings. The number of para-hydroxylation sites is 1. The number of methoxy groups -OCH3 is 2. The Kier molecular flexibility index (Phi) is 8.71. The molecule has 0 saturated carbocycles. The van der Waals surface area contributed by atoms with Gasteiger partial charge in [0, 0.05) is 28.4 Å². The Morgan fingerprint density at radius 1 is 1.16 bits per heavy atom. The summed E-state index contributed by atoms with van der Waals surface area (Å²) in [6, 6.07) is 9.39. The molecule has 9 nitrogen and oxygen atoms in total. The number of amides is 2. The van der Waals surface area contributed by atoms with Gasteiger partial charge in [0.05, 0.1) is 20.6 Å². The van der Waals surface area contributed by atoms with Crippen LogP contribution in [-0.2, 0) is 19.1 Å². The molecule has 0 aromatic heterocycles. The maximum absolute atomic E-state index is 13.9. The van der Waals surface area contributed by atoms with Gasteiger partial charge in [0.2, 0.25) is 5.91 Å². The number of nitrogens with one attached hydrogen (secondary N) is 1. The number of carbonyl (C=O) groups is 3. The van der Waals surface area contributed by atoms with E-state index in [2.05, 4.69) is 5.32 Å². The third-order valence-corrected chi connectivity index (χ3v) is 6.11. The predicted octanol–water partition coefficient (Wildman–Crippen LogP) is 4.20. The molecule has 1 aliphatic heterocycles. The van der Waals surface area contributed by atoms with Gasteiger partial charge in [-0.1, -0.05) is 44.5 Å². The second-order valence-electron chi connectivity index (χ2n) is 10.1. The topological polar surface area (TPSA) is 114 Å². The van der Waals surface area contributed by atoms with E-state index < -0.39 is 36.0 Å². The SMILES string of the molecule is COc1cccc([C@@H]2O[C@@H](CC(=O)N[C@@H](C)C(=O)O)C(=O)N(CC(C)(C)C)c3ccc(Cl)cc32)c1OC. The van der Waals surface area contributed by atoms with E-state index in [0.717, 1.165) is 0 Å². The van der Waals surface area contributed by atoms with E-state index in [0.29, 0.717) is 39.9 Å². The van der Waals surface area contributed by atoms with Crippen molar-refractivity contribution in [2.75, 3.05) is 25.7 Å². The molecular weight excluding hydrogens is 500 g/mol. The average Bonchev–Trinajstić information content (AvgIpc) is 2.92. The molecule has 0 saturated heterocycles. The van der Waals surface area contributed by atoms with Gasteiger partial charge in [-0.25, -0.2) is 0 Å². The van der Waals surface area contributed by atoms with Gasteiger partial charge in [-0.2, -0.15) is 0 Å². The minimum absolute atomic E-state index is 0.287. The Hall–Kier alpha value is -3.30. The van der Waals surface area contributed by atoms with Gasteiger partial charge in [0.1, 0.15) is 18.2 Å². The number of benzene rings is 2. The molecule has 10 heteroatoms. The summed E-state index contributed by atoms with van der Waals surface area (Å²) in [5.41, 5.74) is 1.52. The molecule has 0 fully saturated rings. The zero-order chi connectivity index (χ0) is 27.5. The van der Waals surface area contributed by atoms with Crippen LogP contribution in [0.15, 0.2) is 36.4 Å². The zero-order valence-corrected chi connectivity index (χ0v) is 22.6. The fourth-order valence-corrected chi connectivity index (χ4v) is 4.41. The molecule has 0 bridgehead atoms. The van der Waals surface area contributed by atoms with Crippen molar-refractivity contribution in [1.29, 1.82) is 0 Å². The highest BCUT2D eigenvalue weighted by atomic mass is 35.5. The summed E-state index contributed by atoms with van der Waals surface area (Å²) in [7, 11) is 3.03. The lowest BCUT2D eigenvalue weighted by molar-refractivity contribution is -0.143. The van der Waals surface area contributed by atoms with Crippen LogP contribution in [0.1, 0.15) is 51.3 Å². The zero-order valence-electron chi connectivity index (χ0n) is 21.8. The Balaban J connectivity index is 2.18. The molecule has 2 aromatic rings. The predicted molar refractivity (Wildman–Crippen MR) is 139 cm³/mol. The van der Waals surface area contributed by atoms with E-state index in [1.165, 1.54) is 21.1 Å². The van der Waals surface area contributed by atoms with Crippen LogP contribution in [0.25, 0.3) is 0 Å². The molecule has 2 N–H and O–H groups in total. The molecule has 0 spiro atoms. The van der Waals surface area contributed by atoms with E-state index in [1.54, 1.807) is 41.3 Å². The maximum Gasteiger partial charge on any atom is 0.325 e. The van der Waals surface area contributed by atoms with E-state index in [9.17, 15) is 19.5 Å². The molecule has 1 heterocycles. The number of hydrogen-bond acceptors (Lipinski definition) is 6. The number of carboxylic acids is 1. The lowest BCUT2D eigenvalue weighted by Crippen LogP contribution is -2.46. The third-order valence-electron chi connectivity index (χ3n) is 5.87. The molecule has 200 valence electrons. The van der Waals surface area contributed by atoms with Gasteiger partial charge < -0.3 is 29.5 Å². The van der Waals surface area contributed by atoms with Crippen LogP contribution in [0.4, 0.5) is 5.69 Å². The van der Waals surface area contributed by atoms with E-state index >= 15 is 0 Å². The first kappa shape index (κ1) is 28.3. The number of aliphatic carboxylic acids is 1. The molecule has 0 aliphatic carbocycles. The summed E-state index contributed by atoms with van der Waals surface area (Å²) in [6.07, 6.45) is -2.43. The monoisotopic (exact) mass is 532 g/mol. The molecular formula is C27H33ClN2O7. The summed E-state index contributed by atoms with van der Waals surface area (Å²) >= 11 is 6.41. The van der Waals surface area contributed by atoms with Crippen molar-refractivity contribution >= 4 is 35.1 Å². The number of nitrogens with zero attached hydrogens (tertiary/aromatic N) is 1. The van der Waals surface area contributed by atoms with E-state index in [-0.39, 0.29) is 11.8 Å². The number of hydrogen-bond donors (Lipinski definition) is 2. The van der Waals surface area contributed by atoms with Gasteiger partial charge >= 0.3 is 5.97 Å². The fraction of sp³-hybridized carbons (Fsp3) is 0.444. The number of anilines is 1. The van der Waals surface area contributed by atoms with Crippen molar-refractivity contribution < 1.29 is 33.7 Å². The van der Waals surface area contributed by atoms with Gasteiger partial charge in [0.15, 0.2) is 11.5 Å². The fourth-order valence-electron chi connectivity index (χ4n) is 4.23. The second kappa shape index (κ2) is 11.4. The number of ether oxygens (including phenoxy) is 3. The molecule has 3 atom stereocenters. The Morgan fingerprint density at radius 2 is 1.86 bits per heavy atom. The average molecular weight is 533 g/mol. The first-order valence-electron chi connectivity index (χ1n) is 11.9. The Morgan fingerprint density at radius 3 is 2.46 bits per heavy atom. The van der Waals surface area contributed by atoms with Gasteiger partial charge in [-0.3, -0.25) is 14.4 Å². The Labute approximate surface area is 221 Å². The normalized spacial score (nSPS) is 18.5. The van der Waals surface area contributed by atoms with E-state index in [1.807, 2.05) is 20.8 Å². The minimum atomic E-state index is -1.21. The quantitative estimate of drug-likeness (QED) is 0.523. The van der Waals surface area contributed by atoms with Crippen LogP contribution in [0.5, 0.6) is 11.5 Å². The lowest BCUT2D eigenvalue weighted by atomic mass is 9.94. The maximum atomic E-state index is 13.9. The summed E-state index contributed by atoms with van der Waals surface area (Å²) in [4.78, 5) is 39.5. The first-order chi connectivity index (χ1) is 17.4. The standard InChI is InChI=1S/C27H33ClN2O7/c1-15(26(33)34)29-22(31)13-21-25(32)30(14-27(2,3)4)19-11-10-16(28)12-18(19)23(37-21)17-8-7-9-20(35-5)24(17)36-6/h7-12,15,21,23H,13-14H2,1-6H3,(H,29,31)(H,33,34)/t15-,21-,23-/m0/s1. The van der Waals surface area contributed by atoms with Crippen molar-refractivity contribution in [2.24, 2.45) is 5.41 Å². The number of fused-ring (bicyclic) bond motifs is 1. The number of carbonyl (C=O) groups excluding carboxylic acids is 2. The molecule has 0 unspecified atom stereocenters. The van der Waals surface area contributed by atoms with Gasteiger partial charge in [-0.15, -0.1) is 0 Å². The lowest BCUT2D eigenvalue weighted by Gasteiger charge is -2.31. The van der Waals surface area contributed by atoms with Crippen molar-refractivity contribution in [1.82, 2.24) is 5.32 Å². The molecule has 0 radical (unpaired) electrons. The minimum Gasteiger partial charge on any atom is -0.493 e. The highest BCUT2D eigenvalue weighted by molar-refractivity contribution is 6.30. The highest BCUT2D eigenvalue weighted by Gasteiger charge is 2.40. The van der Waals surface area contributed by atoms with Crippen LogP contribution in [-0.4, -0.2) is 55.8 Å². The van der Waals surface area contributed by atoms with Crippen LogP contribution < -0.4 is 19.7 Å². The summed E-state index contributed by atoms with van der Waals surface area (Å²) in [5, 5.41) is 12.0. The van der Waals surface area contributed by atoms with Crippen LogP contribution in [0.3, 0.4) is 0 Å². The highest BCUT2D eigenvalue weighted by Crippen LogP contribution is 2.45. The molecule has 37 heavy (non-hydrogen) atoms. The number of carboxylic acid groups (broad SMARTS) is 1. The van der Waals surface area contributed by atoms with Crippen molar-refractivity contribution in [3.8, 4) is 11.5 Å². The summed E-state index contributed by atoms with van der Waals surface area (Å²) in [5.74, 6) is -1.33. The molecule has 2 amide bonds. The second-order valence-corrected chi connectivity index (χ2v) is 10.5. The van der Waals surface area contributed by atoms with Crippen LogP contribution in [0.2, 0.25) is 5.02 Å². The van der Waals surface area contributed by atoms with E-state index in [4.69, 9.17) is 25.8 Å². The van der Waals surface area contributed by atoms with Gasteiger partial charge in [0.25, 0.3) is 5.91 Å². The van der Waals surface area contributed by atoms with Crippen LogP contribution >= 0.6 is 11.6 Å². The van der Waals surface area contributed by atoms with Gasteiger partial charge in [-0.05, 0) is 36.6 Å². The number of halogens is 1. The first-order valence-corrected chi connectivity index (χ1v) is 12.2. The Bertz CT molecular complexity index is 1180. The number of rotatable bonds is 8. The summed E-state index contributed by atoms with van der Waals surface area (Å²) in [6.45, 7) is 7.69. The van der Waals surface area contributed by atoms with Crippen molar-refractivity contribution in [3.05, 3.63) is 52.5 Å². The summed E-state index contributed by atoms with van der Waals surface area (Å²) < 4.78 is 17.5. The molecule has 2 aromatic carbocycles. The largest absolute Gasteiger partial charge is 0.493 e. The smallest absolute Gasteiger partial charge is 0.325 e. The third kappa shape index (κ3) is 6.53. The van der Waals surface area contributed by atoms with Crippen molar-refractivity contribution in [3.63, 3.8) is 0 Å². The van der Waals surface area contributed by atoms with Crippen LogP contribution in [0, 0.1) is 5.41 Å². The molecule has 3 rings (SSSR count).